The van der Waals surface area contributed by atoms with Crippen molar-refractivity contribution >= 4 is 27.5 Å². The Bertz CT molecular complexity index is 1340. The smallest absolute Gasteiger partial charge is 0.305 e. The number of carbonyl (C=O) groups is 1. The fraction of sp³-hybridized carbons (Fsp3) is 0.276. The molecule has 0 unspecified atom stereocenters. The number of aromatic hydroxyl groups is 2. The molecule has 6 heteroatoms. The molecule has 0 heterocycles. The molecule has 0 radical (unpaired) electrons. The molecule has 0 aliphatic heterocycles. The Kier molecular flexibility index (Phi) is 7.73. The summed E-state index contributed by atoms with van der Waals surface area (Å²) in [5.41, 5.74) is 2.89. The third kappa shape index (κ3) is 5.49. The highest BCUT2D eigenvalue weighted by Crippen LogP contribution is 2.44. The van der Waals surface area contributed by atoms with Crippen LogP contribution in [0, 0.1) is 0 Å². The molecule has 0 atom stereocenters. The lowest BCUT2D eigenvalue weighted by molar-refractivity contribution is -0.140. The van der Waals surface area contributed by atoms with Gasteiger partial charge in [0.05, 0.1) is 7.11 Å². The number of unbranched alkanes of at least 4 members (excludes halogenated alkanes) is 2. The molecule has 0 fully saturated rings. The summed E-state index contributed by atoms with van der Waals surface area (Å²) < 4.78 is 15.9. The molecule has 0 saturated heterocycles. The van der Waals surface area contributed by atoms with Crippen molar-refractivity contribution in [2.75, 3.05) is 21.0 Å². The number of ether oxygens (including phenoxy) is 3. The van der Waals surface area contributed by atoms with Gasteiger partial charge in [-0.25, -0.2) is 0 Å². The van der Waals surface area contributed by atoms with Crippen LogP contribution in [0.5, 0.6) is 17.2 Å². The molecule has 2 N–H and O–H groups in total. The number of aryl methyl sites for hydroxylation is 1. The molecule has 35 heavy (non-hydrogen) atoms. The van der Waals surface area contributed by atoms with Gasteiger partial charge in [0.15, 0.2) is 6.79 Å². The van der Waals surface area contributed by atoms with Gasteiger partial charge in [-0.15, -0.1) is 0 Å². The zero-order chi connectivity index (χ0) is 24.8. The zero-order valence-corrected chi connectivity index (χ0v) is 20.0. The highest BCUT2D eigenvalue weighted by molar-refractivity contribution is 6.09. The van der Waals surface area contributed by atoms with Gasteiger partial charge >= 0.3 is 5.97 Å². The summed E-state index contributed by atoms with van der Waals surface area (Å²) in [6, 6.07) is 18.7. The standard InChI is InChI=1S/C29H30O6/c1-33-18-35-26-15-12-20-11-14-23(31)17-25(20)29(26)28-21(6-4-3-5-7-27(32)34-2)9-8-19-10-13-22(30)16-24(19)28/h8-17,30-31H,3-7,18H2,1-2H3. The largest absolute Gasteiger partial charge is 0.508 e. The number of benzene rings is 4. The van der Waals surface area contributed by atoms with Crippen molar-refractivity contribution in [2.45, 2.75) is 32.1 Å². The van der Waals surface area contributed by atoms with Gasteiger partial charge in [0.1, 0.15) is 17.2 Å². The average Bonchev–Trinajstić information content (AvgIpc) is 2.86. The van der Waals surface area contributed by atoms with E-state index in [2.05, 4.69) is 12.1 Å². The van der Waals surface area contributed by atoms with E-state index >= 15 is 0 Å². The Morgan fingerprint density at radius 2 is 1.40 bits per heavy atom. The molecule has 6 nitrogen and oxygen atoms in total. The highest BCUT2D eigenvalue weighted by Gasteiger charge is 2.19. The molecule has 0 aliphatic carbocycles. The number of rotatable bonds is 10. The Morgan fingerprint density at radius 3 is 2.06 bits per heavy atom. The first-order valence-electron chi connectivity index (χ1n) is 11.7. The van der Waals surface area contributed by atoms with E-state index in [1.54, 1.807) is 31.4 Å². The quantitative estimate of drug-likeness (QED) is 0.159. The summed E-state index contributed by atoms with van der Waals surface area (Å²) in [5.74, 6) is 0.779. The van der Waals surface area contributed by atoms with Gasteiger partial charge in [-0.1, -0.05) is 36.8 Å². The fourth-order valence-electron chi connectivity index (χ4n) is 4.51. The van der Waals surface area contributed by atoms with Crippen LogP contribution in [-0.2, 0) is 20.7 Å². The Balaban J connectivity index is 1.86. The van der Waals surface area contributed by atoms with Crippen molar-refractivity contribution in [3.8, 4) is 28.4 Å². The lowest BCUT2D eigenvalue weighted by Gasteiger charge is -2.20. The Labute approximate surface area is 204 Å². The first kappa shape index (κ1) is 24.4. The first-order chi connectivity index (χ1) is 17.0. The molecule has 4 aromatic rings. The van der Waals surface area contributed by atoms with E-state index in [0.717, 1.165) is 63.9 Å². The van der Waals surface area contributed by atoms with Crippen LogP contribution < -0.4 is 4.74 Å². The molecule has 182 valence electrons. The number of esters is 1. The fourth-order valence-corrected chi connectivity index (χ4v) is 4.51. The number of hydrogen-bond donors (Lipinski definition) is 2. The average molecular weight is 475 g/mol. The van der Waals surface area contributed by atoms with Crippen molar-refractivity contribution in [2.24, 2.45) is 0 Å². The van der Waals surface area contributed by atoms with E-state index in [1.807, 2.05) is 24.3 Å². The summed E-state index contributed by atoms with van der Waals surface area (Å²) in [6.45, 7) is 0.0796. The van der Waals surface area contributed by atoms with Gasteiger partial charge in [-0.05, 0) is 82.3 Å². The summed E-state index contributed by atoms with van der Waals surface area (Å²) in [7, 11) is 2.98. The van der Waals surface area contributed by atoms with Crippen LogP contribution in [0.4, 0.5) is 0 Å². The second-order valence-corrected chi connectivity index (χ2v) is 8.54. The third-order valence-electron chi connectivity index (χ3n) is 6.20. The van der Waals surface area contributed by atoms with E-state index in [-0.39, 0.29) is 24.3 Å². The zero-order valence-electron chi connectivity index (χ0n) is 20.0. The van der Waals surface area contributed by atoms with Gasteiger partial charge < -0.3 is 24.4 Å². The number of hydrogen-bond acceptors (Lipinski definition) is 6. The highest BCUT2D eigenvalue weighted by atomic mass is 16.7. The third-order valence-corrected chi connectivity index (χ3v) is 6.20. The van der Waals surface area contributed by atoms with E-state index < -0.39 is 0 Å². The maximum Gasteiger partial charge on any atom is 0.305 e. The normalized spacial score (nSPS) is 11.1. The molecule has 4 aromatic carbocycles. The number of phenolic OH excluding ortho intramolecular Hbond substituents is 2. The van der Waals surface area contributed by atoms with E-state index in [4.69, 9.17) is 14.2 Å². The minimum atomic E-state index is -0.192. The van der Waals surface area contributed by atoms with Crippen molar-refractivity contribution in [3.05, 3.63) is 66.2 Å². The number of phenols is 2. The molecule has 0 amide bonds. The summed E-state index contributed by atoms with van der Waals surface area (Å²) in [4.78, 5) is 11.4. The van der Waals surface area contributed by atoms with Gasteiger partial charge in [-0.2, -0.15) is 0 Å². The second-order valence-electron chi connectivity index (χ2n) is 8.54. The van der Waals surface area contributed by atoms with Crippen LogP contribution in [0.3, 0.4) is 0 Å². The van der Waals surface area contributed by atoms with Gasteiger partial charge in [0.25, 0.3) is 0 Å². The molecule has 0 aliphatic rings. The summed E-state index contributed by atoms with van der Waals surface area (Å²) in [6.07, 6.45) is 3.73. The Morgan fingerprint density at radius 1 is 0.771 bits per heavy atom. The maximum absolute atomic E-state index is 11.4. The molecule has 0 spiro atoms. The van der Waals surface area contributed by atoms with Crippen LogP contribution in [0.15, 0.2) is 60.7 Å². The van der Waals surface area contributed by atoms with E-state index in [9.17, 15) is 15.0 Å². The van der Waals surface area contributed by atoms with E-state index in [1.165, 1.54) is 7.11 Å². The lowest BCUT2D eigenvalue weighted by atomic mass is 9.87. The molecule has 4 rings (SSSR count). The predicted molar refractivity (Wildman–Crippen MR) is 137 cm³/mol. The lowest BCUT2D eigenvalue weighted by Crippen LogP contribution is -2.02. The Hall–Kier alpha value is -3.77. The molecular weight excluding hydrogens is 444 g/mol. The summed E-state index contributed by atoms with van der Waals surface area (Å²) in [5, 5.41) is 24.4. The molecule has 0 aromatic heterocycles. The van der Waals surface area contributed by atoms with E-state index in [0.29, 0.717) is 12.2 Å². The topological polar surface area (TPSA) is 85.2 Å². The SMILES string of the molecule is COCOc1ccc2ccc(O)cc2c1-c1c(CCCCCC(=O)OC)ccc2ccc(O)cc12. The van der Waals surface area contributed by atoms with Crippen LogP contribution in [0.25, 0.3) is 32.7 Å². The van der Waals surface area contributed by atoms with Gasteiger partial charge in [0.2, 0.25) is 0 Å². The van der Waals surface area contributed by atoms with Crippen LogP contribution in [0.1, 0.15) is 31.2 Å². The van der Waals surface area contributed by atoms with Crippen LogP contribution in [-0.4, -0.2) is 37.2 Å². The van der Waals surface area contributed by atoms with Crippen molar-refractivity contribution < 1.29 is 29.2 Å². The van der Waals surface area contributed by atoms with Gasteiger partial charge in [0, 0.05) is 19.1 Å². The van der Waals surface area contributed by atoms with Crippen molar-refractivity contribution in [1.29, 1.82) is 0 Å². The van der Waals surface area contributed by atoms with Crippen LogP contribution >= 0.6 is 0 Å². The monoisotopic (exact) mass is 474 g/mol. The predicted octanol–water partition coefficient (Wildman–Crippen LogP) is 6.33. The number of fused-ring (bicyclic) bond motifs is 2. The molecular formula is C29H30O6. The minimum Gasteiger partial charge on any atom is -0.508 e. The van der Waals surface area contributed by atoms with Crippen molar-refractivity contribution in [1.82, 2.24) is 0 Å². The molecule has 0 bridgehead atoms. The molecule has 0 saturated carbocycles. The van der Waals surface area contributed by atoms with Gasteiger partial charge in [-0.3, -0.25) is 4.79 Å². The summed E-state index contributed by atoms with van der Waals surface area (Å²) >= 11 is 0. The minimum absolute atomic E-state index is 0.0796. The second kappa shape index (κ2) is 11.1. The van der Waals surface area contributed by atoms with Crippen molar-refractivity contribution in [3.63, 3.8) is 0 Å². The number of carbonyl (C=O) groups excluding carboxylic acids is 1. The number of methoxy groups -OCH3 is 2. The van der Waals surface area contributed by atoms with Crippen LogP contribution in [0.2, 0.25) is 0 Å². The first-order valence-corrected chi connectivity index (χ1v) is 11.7. The maximum atomic E-state index is 11.4.